The second-order valence-electron chi connectivity index (χ2n) is 6.33. The van der Waals surface area contributed by atoms with Crippen molar-refractivity contribution in [2.24, 2.45) is 0 Å². The zero-order chi connectivity index (χ0) is 17.5. The fraction of sp³-hybridized carbons (Fsp3) is 0.588. The summed E-state index contributed by atoms with van der Waals surface area (Å²) in [7, 11) is 0. The third-order valence-corrected chi connectivity index (χ3v) is 5.46. The first-order chi connectivity index (χ1) is 11.3. The Morgan fingerprint density at radius 2 is 2.12 bits per heavy atom. The van der Waals surface area contributed by atoms with E-state index in [0.29, 0.717) is 11.4 Å². The number of fused-ring (bicyclic) bond motifs is 1. The van der Waals surface area contributed by atoms with Crippen LogP contribution in [-0.4, -0.2) is 36.2 Å². The van der Waals surface area contributed by atoms with Crippen molar-refractivity contribution in [3.8, 4) is 0 Å². The van der Waals surface area contributed by atoms with Crippen LogP contribution in [0.5, 0.6) is 0 Å². The van der Waals surface area contributed by atoms with Crippen molar-refractivity contribution < 1.29 is 23.7 Å². The zero-order valence-corrected chi connectivity index (χ0v) is 16.1. The van der Waals surface area contributed by atoms with Crippen molar-refractivity contribution in [2.75, 3.05) is 0 Å². The highest BCUT2D eigenvalue weighted by molar-refractivity contribution is 9.10. The summed E-state index contributed by atoms with van der Waals surface area (Å²) in [6.07, 6.45) is -1.88. The van der Waals surface area contributed by atoms with Gasteiger partial charge in [0.15, 0.2) is 17.9 Å². The van der Waals surface area contributed by atoms with Crippen LogP contribution in [0.2, 0.25) is 5.02 Å². The van der Waals surface area contributed by atoms with Crippen LogP contribution in [0.15, 0.2) is 22.7 Å². The minimum absolute atomic E-state index is 0.0280. The fourth-order valence-corrected chi connectivity index (χ4v) is 3.56. The number of halogens is 2. The topological polar surface area (TPSA) is 54.0 Å². The third-order valence-electron chi connectivity index (χ3n) is 4.12. The van der Waals surface area contributed by atoms with E-state index in [4.69, 9.17) is 30.5 Å². The first-order valence-electron chi connectivity index (χ1n) is 7.90. The van der Waals surface area contributed by atoms with E-state index in [1.807, 2.05) is 32.0 Å². The van der Waals surface area contributed by atoms with Gasteiger partial charge in [-0.2, -0.15) is 0 Å². The molecule has 0 amide bonds. The summed E-state index contributed by atoms with van der Waals surface area (Å²) >= 11 is 9.68. The van der Waals surface area contributed by atoms with Crippen molar-refractivity contribution in [1.29, 1.82) is 0 Å². The van der Waals surface area contributed by atoms with Gasteiger partial charge in [-0.15, -0.1) is 0 Å². The maximum Gasteiger partial charge on any atom is 0.190 e. The summed E-state index contributed by atoms with van der Waals surface area (Å²) in [5, 5.41) is 0.593. The fourth-order valence-electron chi connectivity index (χ4n) is 2.97. The molecule has 132 valence electrons. The van der Waals surface area contributed by atoms with Gasteiger partial charge >= 0.3 is 0 Å². The van der Waals surface area contributed by atoms with Gasteiger partial charge in [0.2, 0.25) is 0 Å². The SMILES string of the molecule is CCC(=O)[C@H]1O[C@@H]2OC(C)(C)O[C@@H]2[C@H]1OCc1cccc(Br)c1Cl. The Morgan fingerprint density at radius 1 is 1.38 bits per heavy atom. The van der Waals surface area contributed by atoms with E-state index in [1.54, 1.807) is 6.92 Å². The maximum atomic E-state index is 12.2. The average Bonchev–Trinajstić information content (AvgIpc) is 3.00. The van der Waals surface area contributed by atoms with Gasteiger partial charge in [-0.25, -0.2) is 0 Å². The Kier molecular flexibility index (Phi) is 5.35. The molecule has 0 unspecified atom stereocenters. The van der Waals surface area contributed by atoms with Crippen LogP contribution < -0.4 is 0 Å². The molecule has 0 radical (unpaired) electrons. The molecule has 2 aliphatic heterocycles. The number of Topliss-reactive ketones (excluding diaryl/α,β-unsaturated/α-hetero) is 1. The summed E-state index contributed by atoms with van der Waals surface area (Å²) in [4.78, 5) is 12.2. The van der Waals surface area contributed by atoms with Crippen LogP contribution in [-0.2, 0) is 30.3 Å². The Morgan fingerprint density at radius 3 is 2.83 bits per heavy atom. The molecule has 1 aromatic rings. The van der Waals surface area contributed by atoms with Gasteiger partial charge < -0.3 is 18.9 Å². The molecule has 3 rings (SSSR count). The molecule has 1 aromatic carbocycles. The summed E-state index contributed by atoms with van der Waals surface area (Å²) in [5.74, 6) is -0.787. The van der Waals surface area contributed by atoms with Gasteiger partial charge in [0.1, 0.15) is 18.3 Å². The van der Waals surface area contributed by atoms with Crippen LogP contribution in [0.1, 0.15) is 32.8 Å². The molecule has 2 saturated heterocycles. The molecular weight excluding hydrogens is 400 g/mol. The Hall–Kier alpha value is -0.500. The molecule has 2 aliphatic rings. The molecule has 2 fully saturated rings. The number of carbonyl (C=O) groups excluding carboxylic acids is 1. The standard InChI is InChI=1S/C17H20BrClO5/c1-4-11(20)13-14(15-16(22-13)24-17(2,3)23-15)21-8-9-6-5-7-10(18)12(9)19/h5-7,13-16H,4,8H2,1-3H3/t13-,14+,15-,16-/m1/s1. The molecule has 0 aliphatic carbocycles. The Bertz CT molecular complexity index is 635. The molecule has 2 heterocycles. The maximum absolute atomic E-state index is 12.2. The van der Waals surface area contributed by atoms with Gasteiger partial charge in [-0.3, -0.25) is 4.79 Å². The third kappa shape index (κ3) is 3.54. The highest BCUT2D eigenvalue weighted by Gasteiger charge is 2.56. The predicted octanol–water partition coefficient (Wildman–Crippen LogP) is 3.84. The number of hydrogen-bond donors (Lipinski definition) is 0. The van der Waals surface area contributed by atoms with Crippen molar-refractivity contribution in [3.05, 3.63) is 33.3 Å². The largest absolute Gasteiger partial charge is 0.367 e. The second kappa shape index (κ2) is 7.02. The number of rotatable bonds is 5. The van der Waals surface area contributed by atoms with Crippen molar-refractivity contribution >= 4 is 33.3 Å². The molecule has 5 nitrogen and oxygen atoms in total. The molecule has 0 N–H and O–H groups in total. The van der Waals surface area contributed by atoms with Crippen LogP contribution >= 0.6 is 27.5 Å². The number of ether oxygens (including phenoxy) is 4. The van der Waals surface area contributed by atoms with Crippen LogP contribution in [0, 0.1) is 0 Å². The first-order valence-corrected chi connectivity index (χ1v) is 9.08. The van der Waals surface area contributed by atoms with Crippen LogP contribution in [0.25, 0.3) is 0 Å². The summed E-state index contributed by atoms with van der Waals surface area (Å²) in [6, 6.07) is 5.63. The predicted molar refractivity (Wildman–Crippen MR) is 91.7 cm³/mol. The van der Waals surface area contributed by atoms with Gasteiger partial charge in [0, 0.05) is 10.9 Å². The molecule has 4 atom stereocenters. The second-order valence-corrected chi connectivity index (χ2v) is 7.57. The summed E-state index contributed by atoms with van der Waals surface area (Å²) in [5.41, 5.74) is 0.829. The Labute approximate surface area is 154 Å². The number of ketones is 1. The molecule has 0 bridgehead atoms. The summed E-state index contributed by atoms with van der Waals surface area (Å²) in [6.45, 7) is 5.68. The highest BCUT2D eigenvalue weighted by atomic mass is 79.9. The minimum atomic E-state index is -0.759. The van der Waals surface area contributed by atoms with E-state index < -0.39 is 30.4 Å². The molecular formula is C17H20BrClO5. The van der Waals surface area contributed by atoms with Gasteiger partial charge in [0.05, 0.1) is 11.6 Å². The van der Waals surface area contributed by atoms with Crippen molar-refractivity contribution in [3.63, 3.8) is 0 Å². The van der Waals surface area contributed by atoms with Crippen LogP contribution in [0.4, 0.5) is 0 Å². The first kappa shape index (κ1) is 18.3. The Balaban J connectivity index is 1.77. The molecule has 0 saturated carbocycles. The number of hydrogen-bond acceptors (Lipinski definition) is 5. The lowest BCUT2D eigenvalue weighted by molar-refractivity contribution is -0.218. The van der Waals surface area contributed by atoms with Gasteiger partial charge in [-0.1, -0.05) is 30.7 Å². The molecule has 0 aromatic heterocycles. The number of benzene rings is 1. The van der Waals surface area contributed by atoms with Crippen molar-refractivity contribution in [2.45, 2.75) is 64.2 Å². The smallest absolute Gasteiger partial charge is 0.190 e. The highest BCUT2D eigenvalue weighted by Crippen LogP contribution is 2.39. The molecule has 24 heavy (non-hydrogen) atoms. The van der Waals surface area contributed by atoms with E-state index >= 15 is 0 Å². The van der Waals surface area contributed by atoms with E-state index in [9.17, 15) is 4.79 Å². The van der Waals surface area contributed by atoms with Crippen LogP contribution in [0.3, 0.4) is 0 Å². The van der Waals surface area contributed by atoms with E-state index in [1.165, 1.54) is 0 Å². The molecule has 0 spiro atoms. The average molecular weight is 420 g/mol. The lowest BCUT2D eigenvalue weighted by Gasteiger charge is -2.25. The van der Waals surface area contributed by atoms with E-state index in [0.717, 1.165) is 10.0 Å². The molecule has 7 heteroatoms. The van der Waals surface area contributed by atoms with Gasteiger partial charge in [-0.05, 0) is 41.4 Å². The minimum Gasteiger partial charge on any atom is -0.367 e. The summed E-state index contributed by atoms with van der Waals surface area (Å²) < 4.78 is 24.2. The number of carbonyl (C=O) groups is 1. The van der Waals surface area contributed by atoms with Crippen molar-refractivity contribution in [1.82, 2.24) is 0 Å². The lowest BCUT2D eigenvalue weighted by atomic mass is 10.1. The monoisotopic (exact) mass is 418 g/mol. The lowest BCUT2D eigenvalue weighted by Crippen LogP contribution is -2.40. The van der Waals surface area contributed by atoms with Gasteiger partial charge in [0.25, 0.3) is 0 Å². The quantitative estimate of drug-likeness (QED) is 0.726. The van der Waals surface area contributed by atoms with E-state index in [-0.39, 0.29) is 12.4 Å². The zero-order valence-electron chi connectivity index (χ0n) is 13.8. The normalized spacial score (nSPS) is 31.2. The van der Waals surface area contributed by atoms with E-state index in [2.05, 4.69) is 15.9 Å².